The highest BCUT2D eigenvalue weighted by Gasteiger charge is 2.34. The number of fused-ring (bicyclic) bond motifs is 1. The van der Waals surface area contributed by atoms with E-state index in [4.69, 9.17) is 4.74 Å². The first-order valence-electron chi connectivity index (χ1n) is 15.1. The number of halogens is 1. The number of ether oxygens (including phenoxy) is 1. The first-order chi connectivity index (χ1) is 21.7. The van der Waals surface area contributed by atoms with Gasteiger partial charge in [0, 0.05) is 31.2 Å². The number of urea groups is 1. The van der Waals surface area contributed by atoms with Gasteiger partial charge in [-0.3, -0.25) is 9.69 Å². The van der Waals surface area contributed by atoms with Gasteiger partial charge in [-0.25, -0.2) is 9.18 Å². The van der Waals surface area contributed by atoms with Crippen molar-refractivity contribution in [1.82, 2.24) is 9.80 Å². The lowest BCUT2D eigenvalue weighted by molar-refractivity contribution is 0.0343. The summed E-state index contributed by atoms with van der Waals surface area (Å²) in [6.45, 7) is 5.28. The van der Waals surface area contributed by atoms with E-state index in [-0.39, 0.29) is 30.3 Å². The summed E-state index contributed by atoms with van der Waals surface area (Å²) in [6.07, 6.45) is -0.345. The minimum atomic E-state index is -0.561. The van der Waals surface area contributed by atoms with E-state index in [1.54, 1.807) is 23.1 Å². The van der Waals surface area contributed by atoms with Gasteiger partial charge in [-0.2, -0.15) is 0 Å². The molecule has 0 saturated heterocycles. The minimum Gasteiger partial charge on any atom is -0.486 e. The number of rotatable bonds is 9. The zero-order chi connectivity index (χ0) is 31.9. The smallest absolute Gasteiger partial charge is 0.323 e. The number of anilines is 2. The average molecular weight is 611 g/mol. The van der Waals surface area contributed by atoms with E-state index in [0.29, 0.717) is 36.6 Å². The minimum absolute atomic E-state index is 0.0971. The van der Waals surface area contributed by atoms with Crippen LogP contribution >= 0.6 is 0 Å². The Kier molecular flexibility index (Phi) is 10.1. The number of nitrogens with zero attached hydrogens (tertiary/aromatic N) is 2. The van der Waals surface area contributed by atoms with Crippen LogP contribution < -0.4 is 15.4 Å². The fourth-order valence-electron chi connectivity index (χ4n) is 5.49. The number of hydrogen-bond donors (Lipinski definition) is 3. The largest absolute Gasteiger partial charge is 0.486 e. The summed E-state index contributed by atoms with van der Waals surface area (Å²) in [5.41, 5.74) is 4.52. The average Bonchev–Trinajstić information content (AvgIpc) is 3.04. The molecule has 0 fully saturated rings. The molecule has 45 heavy (non-hydrogen) atoms. The van der Waals surface area contributed by atoms with Gasteiger partial charge in [-0.05, 0) is 67.1 Å². The number of aliphatic hydroxyl groups is 1. The molecule has 0 bridgehead atoms. The van der Waals surface area contributed by atoms with Crippen LogP contribution in [0.4, 0.5) is 20.6 Å². The standard InChI is InChI=1S/C36H39FN4O4/c1-24-20-41(25(2)23-42)35(43)31-10-7-11-32(39-36(44)38-30-18-16-29(37)17-19-30)34(31)45-33(24)22-40(3)21-26-12-14-28(15-13-26)27-8-5-4-6-9-27/h4-19,24-25,33,42H,20-23H2,1-3H3,(H2,38,39,44)/t24-,25+,33-/m1/s1. The van der Waals surface area contributed by atoms with E-state index >= 15 is 0 Å². The maximum atomic E-state index is 13.8. The van der Waals surface area contributed by atoms with Crippen LogP contribution in [-0.2, 0) is 6.54 Å². The van der Waals surface area contributed by atoms with Gasteiger partial charge in [0.1, 0.15) is 11.9 Å². The zero-order valence-corrected chi connectivity index (χ0v) is 25.7. The zero-order valence-electron chi connectivity index (χ0n) is 25.7. The number of carbonyl (C=O) groups excluding carboxylic acids is 2. The molecule has 1 aliphatic heterocycles. The van der Waals surface area contributed by atoms with Gasteiger partial charge in [0.25, 0.3) is 5.91 Å². The third kappa shape index (κ3) is 7.87. The number of hydrogen-bond acceptors (Lipinski definition) is 5. The molecule has 8 nitrogen and oxygen atoms in total. The van der Waals surface area contributed by atoms with E-state index in [0.717, 1.165) is 11.1 Å². The van der Waals surface area contributed by atoms with Gasteiger partial charge in [0.15, 0.2) is 5.75 Å². The summed E-state index contributed by atoms with van der Waals surface area (Å²) in [7, 11) is 2.03. The topological polar surface area (TPSA) is 94.1 Å². The Morgan fingerprint density at radius 3 is 2.36 bits per heavy atom. The molecule has 0 aliphatic carbocycles. The van der Waals surface area contributed by atoms with E-state index in [1.807, 2.05) is 39.1 Å². The molecule has 3 N–H and O–H groups in total. The predicted molar refractivity (Wildman–Crippen MR) is 175 cm³/mol. The second kappa shape index (κ2) is 14.4. The van der Waals surface area contributed by atoms with Gasteiger partial charge in [0.05, 0.1) is 23.9 Å². The van der Waals surface area contributed by atoms with Crippen molar-refractivity contribution in [1.29, 1.82) is 0 Å². The Balaban J connectivity index is 1.37. The second-order valence-electron chi connectivity index (χ2n) is 11.7. The summed E-state index contributed by atoms with van der Waals surface area (Å²) in [5, 5.41) is 15.5. The highest BCUT2D eigenvalue weighted by Crippen LogP contribution is 2.35. The lowest BCUT2D eigenvalue weighted by atomic mass is 9.98. The molecule has 0 radical (unpaired) electrons. The van der Waals surface area contributed by atoms with Crippen molar-refractivity contribution in [2.24, 2.45) is 5.92 Å². The molecule has 4 aromatic carbocycles. The normalized spacial score (nSPS) is 17.1. The maximum absolute atomic E-state index is 13.8. The van der Waals surface area contributed by atoms with Crippen LogP contribution in [0, 0.1) is 11.7 Å². The van der Waals surface area contributed by atoms with Crippen LogP contribution in [0.25, 0.3) is 11.1 Å². The van der Waals surface area contributed by atoms with Crippen molar-refractivity contribution in [3.05, 3.63) is 114 Å². The molecule has 4 aromatic rings. The third-order valence-corrected chi connectivity index (χ3v) is 8.05. The van der Waals surface area contributed by atoms with Crippen LogP contribution in [0.1, 0.15) is 29.8 Å². The van der Waals surface area contributed by atoms with Crippen LogP contribution in [0.2, 0.25) is 0 Å². The predicted octanol–water partition coefficient (Wildman–Crippen LogP) is 6.49. The summed E-state index contributed by atoms with van der Waals surface area (Å²) >= 11 is 0. The van der Waals surface area contributed by atoms with Gasteiger partial charge in [0.2, 0.25) is 0 Å². The van der Waals surface area contributed by atoms with Gasteiger partial charge in [-0.1, -0.05) is 67.6 Å². The van der Waals surface area contributed by atoms with Crippen molar-refractivity contribution >= 4 is 23.3 Å². The van der Waals surface area contributed by atoms with Crippen molar-refractivity contribution < 1.29 is 23.8 Å². The Bertz CT molecular complexity index is 1600. The molecular formula is C36H39FN4O4. The molecule has 0 saturated carbocycles. The van der Waals surface area contributed by atoms with Crippen LogP contribution in [0.15, 0.2) is 97.1 Å². The molecule has 3 amide bonds. The highest BCUT2D eigenvalue weighted by molar-refractivity contribution is 6.04. The molecule has 0 unspecified atom stereocenters. The molecular weight excluding hydrogens is 571 g/mol. The van der Waals surface area contributed by atoms with Crippen molar-refractivity contribution in [3.63, 3.8) is 0 Å². The van der Waals surface area contributed by atoms with E-state index in [1.165, 1.54) is 29.8 Å². The summed E-state index contributed by atoms with van der Waals surface area (Å²) in [4.78, 5) is 30.5. The SMILES string of the molecule is C[C@@H]1CN([C@@H](C)CO)C(=O)c2cccc(NC(=O)Nc3ccc(F)cc3)c2O[C@@H]1CN(C)Cc1ccc(-c2ccccc2)cc1. The Labute approximate surface area is 263 Å². The quantitative estimate of drug-likeness (QED) is 0.202. The summed E-state index contributed by atoms with van der Waals surface area (Å²) < 4.78 is 20.0. The van der Waals surface area contributed by atoms with Crippen molar-refractivity contribution in [2.45, 2.75) is 32.5 Å². The molecule has 9 heteroatoms. The summed E-state index contributed by atoms with van der Waals surface area (Å²) in [6, 6.07) is 28.2. The molecule has 1 aliphatic rings. The maximum Gasteiger partial charge on any atom is 0.323 e. The van der Waals surface area contributed by atoms with Crippen LogP contribution in [-0.4, -0.2) is 65.7 Å². The monoisotopic (exact) mass is 610 g/mol. The van der Waals surface area contributed by atoms with Gasteiger partial charge >= 0.3 is 6.03 Å². The number of nitrogens with one attached hydrogen (secondary N) is 2. The Morgan fingerprint density at radius 1 is 0.978 bits per heavy atom. The molecule has 234 valence electrons. The Hall–Kier alpha value is -4.73. The molecule has 3 atom stereocenters. The molecule has 0 aromatic heterocycles. The van der Waals surface area contributed by atoms with Gasteiger partial charge < -0.3 is 25.4 Å². The van der Waals surface area contributed by atoms with E-state index in [2.05, 4.69) is 51.9 Å². The fraction of sp³-hybridized carbons (Fsp3) is 0.278. The lowest BCUT2D eigenvalue weighted by Crippen LogP contribution is -2.49. The van der Waals surface area contributed by atoms with Crippen molar-refractivity contribution in [2.75, 3.05) is 37.4 Å². The lowest BCUT2D eigenvalue weighted by Gasteiger charge is -2.38. The van der Waals surface area contributed by atoms with E-state index < -0.39 is 17.9 Å². The fourth-order valence-corrected chi connectivity index (χ4v) is 5.49. The summed E-state index contributed by atoms with van der Waals surface area (Å²) in [5.74, 6) is -0.524. The van der Waals surface area contributed by atoms with Gasteiger partial charge in [-0.15, -0.1) is 0 Å². The second-order valence-corrected chi connectivity index (χ2v) is 11.7. The number of para-hydroxylation sites is 1. The number of carbonyl (C=O) groups is 2. The number of aliphatic hydroxyl groups excluding tert-OH is 1. The van der Waals surface area contributed by atoms with Crippen LogP contribution in [0.3, 0.4) is 0 Å². The molecule has 1 heterocycles. The molecule has 0 spiro atoms. The number of amides is 3. The Morgan fingerprint density at radius 2 is 1.67 bits per heavy atom. The van der Waals surface area contributed by atoms with E-state index in [9.17, 15) is 19.1 Å². The highest BCUT2D eigenvalue weighted by atomic mass is 19.1. The first-order valence-corrected chi connectivity index (χ1v) is 15.1. The first kappa shape index (κ1) is 31.7. The number of benzene rings is 4. The number of likely N-dealkylation sites (N-methyl/N-ethyl adjacent to an activating group) is 1. The van der Waals surface area contributed by atoms with Crippen molar-refractivity contribution in [3.8, 4) is 16.9 Å². The third-order valence-electron chi connectivity index (χ3n) is 8.05. The van der Waals surface area contributed by atoms with Crippen LogP contribution in [0.5, 0.6) is 5.75 Å². The molecule has 5 rings (SSSR count).